The maximum atomic E-state index is 13.9. The van der Waals surface area contributed by atoms with Crippen molar-refractivity contribution in [2.45, 2.75) is 76.0 Å². The molecule has 2 fully saturated rings. The first-order chi connectivity index (χ1) is 17.5. The fourth-order valence-electron chi connectivity index (χ4n) is 6.91. The van der Waals surface area contributed by atoms with Crippen LogP contribution in [0.5, 0.6) is 0 Å². The van der Waals surface area contributed by atoms with E-state index in [0.29, 0.717) is 31.8 Å². The molecular weight excluding hydrogens is 456 g/mol. The number of hydrogen-bond acceptors (Lipinski definition) is 7. The molecule has 36 heavy (non-hydrogen) atoms. The summed E-state index contributed by atoms with van der Waals surface area (Å²) in [6.45, 7) is 3.40. The van der Waals surface area contributed by atoms with Crippen LogP contribution in [-0.2, 0) is 23.2 Å². The summed E-state index contributed by atoms with van der Waals surface area (Å²) in [5.41, 5.74) is 1.72. The molecule has 9 nitrogen and oxygen atoms in total. The smallest absolute Gasteiger partial charge is 0.237 e. The number of piperidine rings is 1. The molecule has 1 aliphatic carbocycles. The Morgan fingerprint density at radius 3 is 2.92 bits per heavy atom. The molecule has 3 N–H and O–H groups in total. The number of aromatic nitrogens is 3. The number of carbonyl (C=O) groups is 1. The predicted molar refractivity (Wildman–Crippen MR) is 134 cm³/mol. The normalized spacial score (nSPS) is 31.4. The molecule has 1 aromatic carbocycles. The van der Waals surface area contributed by atoms with Crippen molar-refractivity contribution in [3.8, 4) is 6.19 Å². The van der Waals surface area contributed by atoms with Gasteiger partial charge in [0, 0.05) is 31.6 Å². The van der Waals surface area contributed by atoms with Gasteiger partial charge in [0.05, 0.1) is 23.3 Å². The van der Waals surface area contributed by atoms with E-state index in [1.54, 1.807) is 4.68 Å². The number of nitrogens with one attached hydrogen (secondary N) is 1. The molecule has 5 rings (SSSR count). The van der Waals surface area contributed by atoms with Gasteiger partial charge in [-0.05, 0) is 74.3 Å². The highest BCUT2D eigenvalue weighted by Gasteiger charge is 2.57. The first kappa shape index (κ1) is 24.7. The molecule has 6 atom stereocenters. The van der Waals surface area contributed by atoms with Crippen molar-refractivity contribution < 1.29 is 15.0 Å². The third-order valence-electron chi connectivity index (χ3n) is 8.94. The molecule has 1 aromatic heterocycles. The number of fused-ring (bicyclic) bond motifs is 2. The summed E-state index contributed by atoms with van der Waals surface area (Å²) in [6.07, 6.45) is 9.22. The van der Waals surface area contributed by atoms with Gasteiger partial charge in [0.15, 0.2) is 6.19 Å². The van der Waals surface area contributed by atoms with E-state index in [0.717, 1.165) is 49.0 Å². The van der Waals surface area contributed by atoms with E-state index in [1.165, 1.54) is 0 Å². The lowest BCUT2D eigenvalue weighted by atomic mass is 9.61. The minimum atomic E-state index is -0.900. The third kappa shape index (κ3) is 4.27. The summed E-state index contributed by atoms with van der Waals surface area (Å²) in [7, 11) is 0. The average Bonchev–Trinajstić information content (AvgIpc) is 3.46. The molecule has 0 spiro atoms. The number of nitriles is 1. The van der Waals surface area contributed by atoms with Crippen LogP contribution in [0.15, 0.2) is 30.5 Å². The SMILES string of the molecule is C[C@@H]1[C@H]2C[C@@H]([C@@]3(CCn4cc(CCCCO)nn4)C(=O)Nc4ccccc43)N(C#N)C[C@@H]2CC[C@@H]1O. The lowest BCUT2D eigenvalue weighted by Gasteiger charge is -2.52. The number of likely N-dealkylation sites (tertiary alicyclic amines) is 1. The Morgan fingerprint density at radius 2 is 2.11 bits per heavy atom. The van der Waals surface area contributed by atoms with Crippen molar-refractivity contribution >= 4 is 11.6 Å². The monoisotopic (exact) mass is 492 g/mol. The molecule has 9 heteroatoms. The summed E-state index contributed by atoms with van der Waals surface area (Å²) in [6, 6.07) is 7.52. The highest BCUT2D eigenvalue weighted by molar-refractivity contribution is 6.07. The highest BCUT2D eigenvalue weighted by atomic mass is 16.3. The van der Waals surface area contributed by atoms with Crippen LogP contribution in [0.3, 0.4) is 0 Å². The second-order valence-corrected chi connectivity index (χ2v) is 10.8. The Bertz CT molecular complexity index is 1130. The van der Waals surface area contributed by atoms with Gasteiger partial charge in [-0.15, -0.1) is 5.10 Å². The van der Waals surface area contributed by atoms with Crippen LogP contribution < -0.4 is 5.32 Å². The lowest BCUT2D eigenvalue weighted by Crippen LogP contribution is -2.60. The van der Waals surface area contributed by atoms with Gasteiger partial charge >= 0.3 is 0 Å². The van der Waals surface area contributed by atoms with Gasteiger partial charge in [0.1, 0.15) is 0 Å². The summed E-state index contributed by atoms with van der Waals surface area (Å²) in [5.74, 6) is 0.693. The van der Waals surface area contributed by atoms with Crippen LogP contribution in [-0.4, -0.2) is 61.3 Å². The Morgan fingerprint density at radius 1 is 1.28 bits per heavy atom. The lowest BCUT2D eigenvalue weighted by molar-refractivity contribution is -0.126. The summed E-state index contributed by atoms with van der Waals surface area (Å²) < 4.78 is 1.79. The fraction of sp³-hybridized carbons (Fsp3) is 0.630. The number of unbranched alkanes of at least 4 members (excludes halogenated alkanes) is 1. The second-order valence-electron chi connectivity index (χ2n) is 10.8. The number of anilines is 1. The molecule has 1 amide bonds. The predicted octanol–water partition coefficient (Wildman–Crippen LogP) is 2.45. The molecule has 1 saturated carbocycles. The van der Waals surface area contributed by atoms with Gasteiger partial charge in [-0.1, -0.05) is 30.3 Å². The quantitative estimate of drug-likeness (QED) is 0.381. The minimum Gasteiger partial charge on any atom is -0.396 e. The van der Waals surface area contributed by atoms with Crippen molar-refractivity contribution in [1.82, 2.24) is 19.9 Å². The van der Waals surface area contributed by atoms with Crippen LogP contribution in [0.2, 0.25) is 0 Å². The number of rotatable bonds is 8. The number of para-hydroxylation sites is 1. The van der Waals surface area contributed by atoms with E-state index in [1.807, 2.05) is 35.4 Å². The number of hydrogen-bond donors (Lipinski definition) is 3. The van der Waals surface area contributed by atoms with E-state index in [2.05, 4.69) is 28.7 Å². The number of amides is 1. The number of carbonyl (C=O) groups excluding carboxylic acids is 1. The van der Waals surface area contributed by atoms with Gasteiger partial charge < -0.3 is 20.4 Å². The number of benzene rings is 1. The highest BCUT2D eigenvalue weighted by Crippen LogP contribution is 2.51. The zero-order valence-electron chi connectivity index (χ0n) is 20.9. The van der Waals surface area contributed by atoms with E-state index in [-0.39, 0.29) is 36.5 Å². The number of nitrogens with zero attached hydrogens (tertiary/aromatic N) is 5. The second kappa shape index (κ2) is 10.2. The average molecular weight is 493 g/mol. The van der Waals surface area contributed by atoms with E-state index in [9.17, 15) is 15.2 Å². The zero-order valence-corrected chi connectivity index (χ0v) is 20.9. The third-order valence-corrected chi connectivity index (χ3v) is 8.94. The van der Waals surface area contributed by atoms with Crippen molar-refractivity contribution in [3.63, 3.8) is 0 Å². The van der Waals surface area contributed by atoms with Crippen LogP contribution in [0.4, 0.5) is 5.69 Å². The van der Waals surface area contributed by atoms with Gasteiger partial charge in [-0.2, -0.15) is 5.26 Å². The molecule has 0 radical (unpaired) electrons. The molecule has 3 aliphatic rings. The Balaban J connectivity index is 1.47. The van der Waals surface area contributed by atoms with E-state index in [4.69, 9.17) is 5.11 Å². The molecule has 2 aliphatic heterocycles. The summed E-state index contributed by atoms with van der Waals surface area (Å²) in [4.78, 5) is 15.7. The number of aryl methyl sites for hydroxylation is 2. The van der Waals surface area contributed by atoms with Crippen molar-refractivity contribution in [2.75, 3.05) is 18.5 Å². The van der Waals surface area contributed by atoms with Gasteiger partial charge in [0.25, 0.3) is 0 Å². The standard InChI is InChI=1S/C27H36N6O3/c1-18-21-14-25(32(17-28)15-19(21)9-10-24(18)35)27(22-7-2-3-8-23(22)29-26(27)36)11-12-33-16-20(30-31-33)6-4-5-13-34/h2-3,7-8,16,18-19,21,24-25,34-35H,4-6,9-15H2,1H3,(H,29,36)/t18-,19+,21-,24+,25+,27+/m1/s1. The molecule has 0 unspecified atom stereocenters. The molecule has 2 aromatic rings. The maximum Gasteiger partial charge on any atom is 0.237 e. The van der Waals surface area contributed by atoms with Crippen molar-refractivity contribution in [3.05, 3.63) is 41.7 Å². The largest absolute Gasteiger partial charge is 0.396 e. The minimum absolute atomic E-state index is 0.0697. The zero-order chi connectivity index (χ0) is 25.3. The van der Waals surface area contributed by atoms with E-state index < -0.39 is 5.41 Å². The van der Waals surface area contributed by atoms with Crippen LogP contribution in [0.25, 0.3) is 0 Å². The number of aliphatic hydroxyl groups excluding tert-OH is 2. The van der Waals surface area contributed by atoms with Gasteiger partial charge in [-0.25, -0.2) is 0 Å². The van der Waals surface area contributed by atoms with Crippen LogP contribution >= 0.6 is 0 Å². The Hall–Kier alpha value is -2.96. The number of aliphatic hydroxyl groups is 2. The van der Waals surface area contributed by atoms with E-state index >= 15 is 0 Å². The first-order valence-corrected chi connectivity index (χ1v) is 13.2. The first-order valence-electron chi connectivity index (χ1n) is 13.2. The van der Waals surface area contributed by atoms with Crippen LogP contribution in [0, 0.1) is 29.2 Å². The Labute approximate surface area is 212 Å². The van der Waals surface area contributed by atoms with Gasteiger partial charge in [-0.3, -0.25) is 9.48 Å². The maximum absolute atomic E-state index is 13.9. The molecular formula is C27H36N6O3. The van der Waals surface area contributed by atoms with Gasteiger partial charge in [0.2, 0.25) is 5.91 Å². The Kier molecular flexibility index (Phi) is 7.00. The van der Waals surface area contributed by atoms with Crippen molar-refractivity contribution in [2.24, 2.45) is 17.8 Å². The topological polar surface area (TPSA) is 127 Å². The summed E-state index contributed by atoms with van der Waals surface area (Å²) >= 11 is 0. The van der Waals surface area contributed by atoms with Crippen LogP contribution in [0.1, 0.15) is 56.7 Å². The summed E-state index contributed by atoms with van der Waals surface area (Å²) in [5, 5.41) is 41.5. The molecule has 1 saturated heterocycles. The molecule has 3 heterocycles. The van der Waals surface area contributed by atoms with Crippen molar-refractivity contribution in [1.29, 1.82) is 5.26 Å². The molecule has 192 valence electrons. The fourth-order valence-corrected chi connectivity index (χ4v) is 6.91. The molecule has 0 bridgehead atoms.